The number of sulfonamides is 1. The lowest BCUT2D eigenvalue weighted by Gasteiger charge is -2.42. The lowest BCUT2D eigenvalue weighted by molar-refractivity contribution is -0.137. The van der Waals surface area contributed by atoms with Crippen LogP contribution in [-0.4, -0.2) is 67.8 Å². The fourth-order valence-electron chi connectivity index (χ4n) is 5.67. The second-order valence-electron chi connectivity index (χ2n) is 10.3. The molecule has 0 spiro atoms. The number of benzene rings is 2. The van der Waals surface area contributed by atoms with Gasteiger partial charge in [-0.05, 0) is 67.3 Å². The number of halogens is 2. The second-order valence-corrected chi connectivity index (χ2v) is 12.7. The summed E-state index contributed by atoms with van der Waals surface area (Å²) in [5.41, 5.74) is 3.41. The third kappa shape index (κ3) is 5.66. The molecular formula is C29H32ClFN4O3S. The van der Waals surface area contributed by atoms with Crippen LogP contribution in [0.4, 0.5) is 10.1 Å². The highest BCUT2D eigenvalue weighted by Gasteiger charge is 2.42. The quantitative estimate of drug-likeness (QED) is 0.447. The summed E-state index contributed by atoms with van der Waals surface area (Å²) in [6, 6.07) is 13.9. The van der Waals surface area contributed by atoms with Gasteiger partial charge in [0.2, 0.25) is 15.9 Å². The van der Waals surface area contributed by atoms with Crippen molar-refractivity contribution in [3.8, 4) is 0 Å². The first-order valence-electron chi connectivity index (χ1n) is 13.1. The molecule has 2 fully saturated rings. The van der Waals surface area contributed by atoms with Gasteiger partial charge in [0.15, 0.2) is 0 Å². The van der Waals surface area contributed by atoms with Gasteiger partial charge in [0.25, 0.3) is 0 Å². The third-order valence-corrected chi connectivity index (χ3v) is 9.91. The molecular weight excluding hydrogens is 539 g/mol. The van der Waals surface area contributed by atoms with Crippen molar-refractivity contribution in [2.45, 2.75) is 31.1 Å². The Morgan fingerprint density at radius 3 is 2.49 bits per heavy atom. The van der Waals surface area contributed by atoms with Gasteiger partial charge in [0.05, 0.1) is 5.92 Å². The molecule has 0 unspecified atom stereocenters. The van der Waals surface area contributed by atoms with Gasteiger partial charge < -0.3 is 9.80 Å². The number of rotatable bonds is 5. The minimum atomic E-state index is -3.85. The van der Waals surface area contributed by atoms with Crippen LogP contribution >= 0.6 is 11.6 Å². The van der Waals surface area contributed by atoms with Gasteiger partial charge in [-0.15, -0.1) is 0 Å². The van der Waals surface area contributed by atoms with Gasteiger partial charge in [-0.1, -0.05) is 29.8 Å². The zero-order chi connectivity index (χ0) is 27.7. The molecule has 5 rings (SSSR count). The van der Waals surface area contributed by atoms with Gasteiger partial charge >= 0.3 is 0 Å². The van der Waals surface area contributed by atoms with Crippen LogP contribution in [0.25, 0.3) is 0 Å². The number of nitrogens with zero attached hydrogens (tertiary/aromatic N) is 4. The molecule has 3 heterocycles. The highest BCUT2D eigenvalue weighted by molar-refractivity contribution is 7.89. The summed E-state index contributed by atoms with van der Waals surface area (Å²) in [6.07, 6.45) is 3.18. The SMILES string of the molecule is Cc1ccc([C@H]2CCN(S(=O)(=O)c3cccnc3)C[C@H]2C(=O)N2CCN(c3cc(Cl)ccc3C)CC2)c(F)c1. The van der Waals surface area contributed by atoms with Gasteiger partial charge in [-0.25, -0.2) is 12.8 Å². The van der Waals surface area contributed by atoms with E-state index in [1.807, 2.05) is 38.1 Å². The lowest BCUT2D eigenvalue weighted by Crippen LogP contribution is -2.54. The van der Waals surface area contributed by atoms with Crippen molar-refractivity contribution in [2.75, 3.05) is 44.2 Å². The minimum absolute atomic E-state index is 0.0122. The van der Waals surface area contributed by atoms with Crippen LogP contribution in [0.5, 0.6) is 0 Å². The maximum atomic E-state index is 15.1. The van der Waals surface area contributed by atoms with Crippen molar-refractivity contribution < 1.29 is 17.6 Å². The molecule has 0 saturated carbocycles. The van der Waals surface area contributed by atoms with Crippen molar-refractivity contribution >= 4 is 33.2 Å². The van der Waals surface area contributed by atoms with Gasteiger partial charge in [0.1, 0.15) is 10.7 Å². The molecule has 0 bridgehead atoms. The molecule has 1 aromatic heterocycles. The Labute approximate surface area is 234 Å². The predicted molar refractivity (Wildman–Crippen MR) is 150 cm³/mol. The van der Waals surface area contributed by atoms with E-state index in [2.05, 4.69) is 9.88 Å². The third-order valence-electron chi connectivity index (χ3n) is 7.82. The Bertz CT molecular complexity index is 1460. The molecule has 10 heteroatoms. The lowest BCUT2D eigenvalue weighted by atomic mass is 9.79. The van der Waals surface area contributed by atoms with Crippen LogP contribution in [0.3, 0.4) is 0 Å². The smallest absolute Gasteiger partial charge is 0.244 e. The highest BCUT2D eigenvalue weighted by Crippen LogP contribution is 2.38. The monoisotopic (exact) mass is 570 g/mol. The second kappa shape index (κ2) is 11.2. The van der Waals surface area contributed by atoms with Crippen LogP contribution in [0, 0.1) is 25.6 Å². The Morgan fingerprint density at radius 2 is 1.79 bits per heavy atom. The molecule has 2 atom stereocenters. The number of anilines is 1. The molecule has 2 aliphatic rings. The first kappa shape index (κ1) is 27.6. The molecule has 3 aromatic rings. The van der Waals surface area contributed by atoms with Gasteiger partial charge in [-0.2, -0.15) is 4.31 Å². The van der Waals surface area contributed by atoms with Crippen molar-refractivity contribution in [3.63, 3.8) is 0 Å². The van der Waals surface area contributed by atoms with E-state index in [1.165, 1.54) is 28.8 Å². The molecule has 2 aliphatic heterocycles. The standard InChI is InChI=1S/C29H32ClFN4O3S/c1-20-5-8-25(27(31)16-20)24-9-11-35(39(37,38)23-4-3-10-32-18-23)19-26(24)29(36)34-14-12-33(13-15-34)28-17-22(30)7-6-21(28)2/h3-8,10,16-18,24,26H,9,11-15,19H2,1-2H3/t24-,26-/m1/s1. The van der Waals surface area contributed by atoms with Crippen LogP contribution < -0.4 is 4.90 Å². The first-order valence-corrected chi connectivity index (χ1v) is 14.9. The van der Waals surface area contributed by atoms with Crippen molar-refractivity contribution in [1.82, 2.24) is 14.2 Å². The molecule has 0 aliphatic carbocycles. The number of pyridine rings is 1. The Kier molecular flexibility index (Phi) is 7.94. The number of carbonyl (C=O) groups is 1. The van der Waals surface area contributed by atoms with E-state index in [1.54, 1.807) is 17.0 Å². The zero-order valence-electron chi connectivity index (χ0n) is 22.1. The Morgan fingerprint density at radius 1 is 1.03 bits per heavy atom. The van der Waals surface area contributed by atoms with Crippen LogP contribution in [0.15, 0.2) is 65.8 Å². The molecule has 206 valence electrons. The number of amides is 1. The number of hydrogen-bond donors (Lipinski definition) is 0. The van der Waals surface area contributed by atoms with E-state index < -0.39 is 21.9 Å². The van der Waals surface area contributed by atoms with Gasteiger partial charge in [0, 0.05) is 68.3 Å². The summed E-state index contributed by atoms with van der Waals surface area (Å²) in [4.78, 5) is 22.1. The van der Waals surface area contributed by atoms with E-state index >= 15 is 4.39 Å². The van der Waals surface area contributed by atoms with E-state index in [0.717, 1.165) is 16.8 Å². The Balaban J connectivity index is 1.40. The number of hydrogen-bond acceptors (Lipinski definition) is 5. The van der Waals surface area contributed by atoms with E-state index in [-0.39, 0.29) is 29.7 Å². The average Bonchev–Trinajstić information content (AvgIpc) is 2.94. The Hall–Kier alpha value is -3.01. The van der Waals surface area contributed by atoms with E-state index in [4.69, 9.17) is 11.6 Å². The van der Waals surface area contributed by atoms with E-state index in [0.29, 0.717) is 43.2 Å². The number of aryl methyl sites for hydroxylation is 2. The molecule has 0 N–H and O–H groups in total. The fraction of sp³-hybridized carbons (Fsp3) is 0.379. The molecule has 39 heavy (non-hydrogen) atoms. The minimum Gasteiger partial charge on any atom is -0.368 e. The summed E-state index contributed by atoms with van der Waals surface area (Å²) < 4.78 is 43.3. The maximum absolute atomic E-state index is 15.1. The normalized spacial score (nSPS) is 20.7. The summed E-state index contributed by atoms with van der Waals surface area (Å²) in [5, 5.41) is 0.661. The summed E-state index contributed by atoms with van der Waals surface area (Å²) in [7, 11) is -3.85. The number of piperazine rings is 1. The topological polar surface area (TPSA) is 73.8 Å². The molecule has 0 radical (unpaired) electrons. The summed E-state index contributed by atoms with van der Waals surface area (Å²) in [5.74, 6) is -1.63. The average molecular weight is 571 g/mol. The number of carbonyl (C=O) groups excluding carboxylic acids is 1. The summed E-state index contributed by atoms with van der Waals surface area (Å²) in [6.45, 7) is 6.26. The molecule has 1 amide bonds. The maximum Gasteiger partial charge on any atom is 0.244 e. The van der Waals surface area contributed by atoms with Crippen LogP contribution in [0.2, 0.25) is 5.02 Å². The largest absolute Gasteiger partial charge is 0.368 e. The zero-order valence-corrected chi connectivity index (χ0v) is 23.6. The predicted octanol–water partition coefficient (Wildman–Crippen LogP) is 4.63. The fourth-order valence-corrected chi connectivity index (χ4v) is 7.28. The van der Waals surface area contributed by atoms with Gasteiger partial charge in [-0.3, -0.25) is 9.78 Å². The number of aromatic nitrogens is 1. The first-order chi connectivity index (χ1) is 18.6. The molecule has 2 aromatic carbocycles. The molecule has 7 nitrogen and oxygen atoms in total. The van der Waals surface area contributed by atoms with Crippen molar-refractivity contribution in [3.05, 3.63) is 88.5 Å². The van der Waals surface area contributed by atoms with Crippen LogP contribution in [-0.2, 0) is 14.8 Å². The summed E-state index contributed by atoms with van der Waals surface area (Å²) >= 11 is 6.23. The number of piperidine rings is 1. The van der Waals surface area contributed by atoms with Crippen molar-refractivity contribution in [2.24, 2.45) is 5.92 Å². The van der Waals surface area contributed by atoms with E-state index in [9.17, 15) is 13.2 Å². The highest BCUT2D eigenvalue weighted by atomic mass is 35.5. The molecule has 2 saturated heterocycles. The van der Waals surface area contributed by atoms with Crippen LogP contribution in [0.1, 0.15) is 29.0 Å². The van der Waals surface area contributed by atoms with Crippen molar-refractivity contribution in [1.29, 1.82) is 0 Å².